The Morgan fingerprint density at radius 2 is 2.35 bits per heavy atom. The fraction of sp³-hybridized carbons (Fsp3) is 0.273. The largest absolute Gasteiger partial charge is 0.271 e. The summed E-state index contributed by atoms with van der Waals surface area (Å²) < 4.78 is 5.01. The standard InChI is InChI=1S/C11H13BrN4S/c1-7-11(17-16-15-7)10(14-13)6-8-3-2-4-9(12)5-8/h2-5,10,14H,6,13H2,1H3. The van der Waals surface area contributed by atoms with Crippen molar-refractivity contribution in [3.63, 3.8) is 0 Å². The van der Waals surface area contributed by atoms with Crippen LogP contribution in [0.4, 0.5) is 0 Å². The third kappa shape index (κ3) is 3.10. The van der Waals surface area contributed by atoms with E-state index in [-0.39, 0.29) is 6.04 Å². The van der Waals surface area contributed by atoms with Crippen molar-refractivity contribution in [2.75, 3.05) is 0 Å². The molecule has 4 nitrogen and oxygen atoms in total. The molecule has 0 amide bonds. The van der Waals surface area contributed by atoms with E-state index < -0.39 is 0 Å². The van der Waals surface area contributed by atoms with Gasteiger partial charge in [-0.05, 0) is 42.6 Å². The number of hydrogen-bond acceptors (Lipinski definition) is 5. The number of benzene rings is 1. The van der Waals surface area contributed by atoms with Crippen LogP contribution < -0.4 is 11.3 Å². The molecule has 90 valence electrons. The molecule has 0 saturated carbocycles. The number of nitrogens with one attached hydrogen (secondary N) is 1. The highest BCUT2D eigenvalue weighted by Gasteiger charge is 2.16. The van der Waals surface area contributed by atoms with Gasteiger partial charge in [-0.15, -0.1) is 5.10 Å². The van der Waals surface area contributed by atoms with Crippen LogP contribution in [0.15, 0.2) is 28.7 Å². The lowest BCUT2D eigenvalue weighted by Gasteiger charge is -2.14. The van der Waals surface area contributed by atoms with E-state index in [1.165, 1.54) is 17.1 Å². The highest BCUT2D eigenvalue weighted by molar-refractivity contribution is 9.10. The normalized spacial score (nSPS) is 12.6. The second-order valence-electron chi connectivity index (χ2n) is 3.78. The minimum absolute atomic E-state index is 0.0595. The van der Waals surface area contributed by atoms with E-state index in [1.807, 2.05) is 19.1 Å². The molecule has 0 saturated heterocycles. The maximum atomic E-state index is 5.61. The molecule has 1 atom stereocenters. The third-order valence-corrected chi connectivity index (χ3v) is 3.97. The number of hydrogen-bond donors (Lipinski definition) is 2. The van der Waals surface area contributed by atoms with Gasteiger partial charge in [0.1, 0.15) is 0 Å². The van der Waals surface area contributed by atoms with Crippen LogP contribution in [-0.2, 0) is 6.42 Å². The van der Waals surface area contributed by atoms with Gasteiger partial charge in [-0.2, -0.15) is 0 Å². The van der Waals surface area contributed by atoms with E-state index >= 15 is 0 Å². The zero-order valence-electron chi connectivity index (χ0n) is 9.35. The van der Waals surface area contributed by atoms with Gasteiger partial charge in [-0.25, -0.2) is 0 Å². The Morgan fingerprint density at radius 3 is 2.94 bits per heavy atom. The first-order valence-electron chi connectivity index (χ1n) is 5.20. The molecular formula is C11H13BrN4S. The van der Waals surface area contributed by atoms with Crippen LogP contribution in [-0.4, -0.2) is 9.59 Å². The number of hydrazine groups is 1. The first kappa shape index (κ1) is 12.6. The maximum absolute atomic E-state index is 5.61. The maximum Gasteiger partial charge on any atom is 0.0773 e. The van der Waals surface area contributed by atoms with Gasteiger partial charge in [0.25, 0.3) is 0 Å². The number of nitrogens with zero attached hydrogens (tertiary/aromatic N) is 2. The topological polar surface area (TPSA) is 63.8 Å². The molecule has 3 N–H and O–H groups in total. The predicted octanol–water partition coefficient (Wildman–Crippen LogP) is 2.36. The molecule has 2 rings (SSSR count). The lowest BCUT2D eigenvalue weighted by Crippen LogP contribution is -2.29. The van der Waals surface area contributed by atoms with Gasteiger partial charge < -0.3 is 0 Å². The molecule has 2 aromatic rings. The highest BCUT2D eigenvalue weighted by atomic mass is 79.9. The van der Waals surface area contributed by atoms with Gasteiger partial charge in [-0.3, -0.25) is 11.3 Å². The van der Waals surface area contributed by atoms with Gasteiger partial charge in [0.15, 0.2) is 0 Å². The smallest absolute Gasteiger partial charge is 0.0773 e. The van der Waals surface area contributed by atoms with Crippen molar-refractivity contribution in [3.8, 4) is 0 Å². The van der Waals surface area contributed by atoms with Crippen LogP contribution in [0.1, 0.15) is 22.2 Å². The van der Waals surface area contributed by atoms with Crippen molar-refractivity contribution in [1.82, 2.24) is 15.0 Å². The Hall–Kier alpha value is -0.820. The lowest BCUT2D eigenvalue weighted by molar-refractivity contribution is 0.557. The summed E-state index contributed by atoms with van der Waals surface area (Å²) in [5.41, 5.74) is 4.98. The molecule has 0 aliphatic carbocycles. The summed E-state index contributed by atoms with van der Waals surface area (Å²) in [7, 11) is 0. The van der Waals surface area contributed by atoms with Crippen molar-refractivity contribution < 1.29 is 0 Å². The van der Waals surface area contributed by atoms with Gasteiger partial charge in [0.2, 0.25) is 0 Å². The van der Waals surface area contributed by atoms with Crippen molar-refractivity contribution in [1.29, 1.82) is 0 Å². The van der Waals surface area contributed by atoms with Crippen LogP contribution in [0.5, 0.6) is 0 Å². The molecule has 0 aliphatic rings. The summed E-state index contributed by atoms with van der Waals surface area (Å²) in [5, 5.41) is 4.01. The third-order valence-electron chi connectivity index (χ3n) is 2.53. The molecule has 0 spiro atoms. The average molecular weight is 313 g/mol. The molecule has 6 heteroatoms. The number of rotatable bonds is 4. The van der Waals surface area contributed by atoms with Gasteiger partial charge in [0.05, 0.1) is 16.6 Å². The van der Waals surface area contributed by atoms with E-state index in [9.17, 15) is 0 Å². The van der Waals surface area contributed by atoms with Crippen molar-refractivity contribution in [3.05, 3.63) is 44.9 Å². The summed E-state index contributed by atoms with van der Waals surface area (Å²) in [6.45, 7) is 1.95. The molecule has 1 heterocycles. The minimum atomic E-state index is 0.0595. The van der Waals surface area contributed by atoms with E-state index in [1.54, 1.807) is 0 Å². The fourth-order valence-corrected chi connectivity index (χ4v) is 2.83. The van der Waals surface area contributed by atoms with Gasteiger partial charge in [0, 0.05) is 4.47 Å². The number of aromatic nitrogens is 2. The Balaban J connectivity index is 2.19. The predicted molar refractivity (Wildman–Crippen MR) is 72.6 cm³/mol. The van der Waals surface area contributed by atoms with Crippen molar-refractivity contribution >= 4 is 27.5 Å². The van der Waals surface area contributed by atoms with Crippen molar-refractivity contribution in [2.24, 2.45) is 5.84 Å². The molecule has 1 unspecified atom stereocenters. The average Bonchev–Trinajstić information content (AvgIpc) is 2.72. The SMILES string of the molecule is Cc1nnsc1C(Cc1cccc(Br)c1)NN. The molecule has 0 fully saturated rings. The number of aryl methyl sites for hydroxylation is 1. The van der Waals surface area contributed by atoms with E-state index in [2.05, 4.69) is 43.1 Å². The van der Waals surface area contributed by atoms with Gasteiger partial charge >= 0.3 is 0 Å². The highest BCUT2D eigenvalue weighted by Crippen LogP contribution is 2.24. The van der Waals surface area contributed by atoms with Crippen LogP contribution in [0.2, 0.25) is 0 Å². The molecule has 1 aromatic heterocycles. The van der Waals surface area contributed by atoms with Crippen LogP contribution in [0.3, 0.4) is 0 Å². The monoisotopic (exact) mass is 312 g/mol. The molecule has 0 aliphatic heterocycles. The molecule has 0 radical (unpaired) electrons. The van der Waals surface area contributed by atoms with Crippen LogP contribution in [0.25, 0.3) is 0 Å². The quantitative estimate of drug-likeness (QED) is 0.672. The zero-order valence-corrected chi connectivity index (χ0v) is 11.8. The van der Waals surface area contributed by atoms with E-state index in [0.29, 0.717) is 0 Å². The Kier molecular flexibility index (Phi) is 4.22. The first-order valence-corrected chi connectivity index (χ1v) is 6.76. The van der Waals surface area contributed by atoms with E-state index in [0.717, 1.165) is 21.5 Å². The van der Waals surface area contributed by atoms with Gasteiger partial charge in [-0.1, -0.05) is 32.6 Å². The molecule has 1 aromatic carbocycles. The van der Waals surface area contributed by atoms with E-state index in [4.69, 9.17) is 5.84 Å². The summed E-state index contributed by atoms with van der Waals surface area (Å²) in [6, 6.07) is 8.26. The van der Waals surface area contributed by atoms with Crippen LogP contribution >= 0.6 is 27.5 Å². The Morgan fingerprint density at radius 1 is 1.53 bits per heavy atom. The minimum Gasteiger partial charge on any atom is -0.271 e. The number of nitrogens with two attached hydrogens (primary N) is 1. The molecule has 0 bridgehead atoms. The second kappa shape index (κ2) is 5.68. The second-order valence-corrected chi connectivity index (χ2v) is 5.48. The molecular weight excluding hydrogens is 300 g/mol. The Labute approximate surface area is 112 Å². The van der Waals surface area contributed by atoms with Crippen LogP contribution in [0, 0.1) is 6.92 Å². The number of halogens is 1. The zero-order chi connectivity index (χ0) is 12.3. The van der Waals surface area contributed by atoms with Crippen molar-refractivity contribution in [2.45, 2.75) is 19.4 Å². The summed E-state index contributed by atoms with van der Waals surface area (Å²) in [6.07, 6.45) is 0.820. The fourth-order valence-electron chi connectivity index (χ4n) is 1.68. The Bertz CT molecular complexity index is 500. The lowest BCUT2D eigenvalue weighted by atomic mass is 10.0. The molecule has 17 heavy (non-hydrogen) atoms. The summed E-state index contributed by atoms with van der Waals surface area (Å²) in [5.74, 6) is 5.61. The first-order chi connectivity index (χ1) is 8.20. The summed E-state index contributed by atoms with van der Waals surface area (Å²) >= 11 is 4.85. The summed E-state index contributed by atoms with van der Waals surface area (Å²) in [4.78, 5) is 1.09.